The molecule has 3 heterocycles. The molecule has 0 spiro atoms. The Morgan fingerprint density at radius 1 is 1.17 bits per heavy atom. The van der Waals surface area contributed by atoms with Crippen LogP contribution in [-0.2, 0) is 10.9 Å². The minimum absolute atomic E-state index is 0.0432. The highest BCUT2D eigenvalue weighted by molar-refractivity contribution is 5.60. The van der Waals surface area contributed by atoms with Gasteiger partial charge in [-0.15, -0.1) is 15.3 Å². The van der Waals surface area contributed by atoms with Crippen molar-refractivity contribution < 1.29 is 26.7 Å². The standard InChI is InChI=1S/C13H14F5N5O/c1-6-7(2)10(22-3-8(4-22)5-24-12(14)15)21-23-9(6)19-20-11(23)13(16,17)18/h8,12H,3-5H2,1-2H3. The molecule has 3 rings (SSSR count). The minimum atomic E-state index is -4.67. The van der Waals surface area contributed by atoms with Gasteiger partial charge >= 0.3 is 12.8 Å². The maximum Gasteiger partial charge on any atom is 0.453 e. The van der Waals surface area contributed by atoms with E-state index in [4.69, 9.17) is 0 Å². The summed E-state index contributed by atoms with van der Waals surface area (Å²) in [7, 11) is 0. The van der Waals surface area contributed by atoms with Crippen LogP contribution in [0.1, 0.15) is 17.0 Å². The van der Waals surface area contributed by atoms with Crippen molar-refractivity contribution in [3.63, 3.8) is 0 Å². The van der Waals surface area contributed by atoms with Gasteiger partial charge < -0.3 is 9.64 Å². The van der Waals surface area contributed by atoms with Gasteiger partial charge in [-0.05, 0) is 13.8 Å². The van der Waals surface area contributed by atoms with Crippen LogP contribution in [0.3, 0.4) is 0 Å². The number of alkyl halides is 5. The van der Waals surface area contributed by atoms with Gasteiger partial charge in [0.1, 0.15) is 0 Å². The molecule has 2 aromatic rings. The highest BCUT2D eigenvalue weighted by atomic mass is 19.4. The van der Waals surface area contributed by atoms with E-state index in [0.717, 1.165) is 0 Å². The van der Waals surface area contributed by atoms with Crippen molar-refractivity contribution in [2.24, 2.45) is 5.92 Å². The first kappa shape index (κ1) is 16.8. The average Bonchev–Trinajstić information content (AvgIpc) is 2.85. The summed E-state index contributed by atoms with van der Waals surface area (Å²) in [6.07, 6.45) is -4.67. The Balaban J connectivity index is 1.88. The number of aryl methyl sites for hydroxylation is 1. The van der Waals surface area contributed by atoms with Gasteiger partial charge in [0.2, 0.25) is 0 Å². The molecule has 132 valence electrons. The molecule has 11 heteroatoms. The minimum Gasteiger partial charge on any atom is -0.354 e. The highest BCUT2D eigenvalue weighted by Gasteiger charge is 2.39. The van der Waals surface area contributed by atoms with Crippen LogP contribution in [0.5, 0.6) is 0 Å². The van der Waals surface area contributed by atoms with Crippen LogP contribution in [0.4, 0.5) is 27.8 Å². The van der Waals surface area contributed by atoms with Crippen LogP contribution in [0.25, 0.3) is 5.65 Å². The van der Waals surface area contributed by atoms with Crippen LogP contribution >= 0.6 is 0 Å². The quantitative estimate of drug-likeness (QED) is 0.792. The second-order valence-corrected chi connectivity index (χ2v) is 5.70. The lowest BCUT2D eigenvalue weighted by Crippen LogP contribution is -2.50. The second-order valence-electron chi connectivity index (χ2n) is 5.70. The predicted molar refractivity (Wildman–Crippen MR) is 72.9 cm³/mol. The molecule has 2 aromatic heterocycles. The molecule has 0 bridgehead atoms. The first-order valence-electron chi connectivity index (χ1n) is 7.13. The lowest BCUT2D eigenvalue weighted by Gasteiger charge is -2.40. The van der Waals surface area contributed by atoms with E-state index in [1.165, 1.54) is 0 Å². The summed E-state index contributed by atoms with van der Waals surface area (Å²) in [6.45, 7) is 1.20. The van der Waals surface area contributed by atoms with Crippen LogP contribution in [-0.4, -0.2) is 46.1 Å². The van der Waals surface area contributed by atoms with Crippen LogP contribution in [0.2, 0.25) is 0 Å². The topological polar surface area (TPSA) is 55.5 Å². The zero-order valence-electron chi connectivity index (χ0n) is 12.8. The van der Waals surface area contributed by atoms with Gasteiger partial charge in [0.25, 0.3) is 5.82 Å². The monoisotopic (exact) mass is 351 g/mol. The molecule has 0 unspecified atom stereocenters. The van der Waals surface area contributed by atoms with E-state index in [1.807, 2.05) is 0 Å². The van der Waals surface area contributed by atoms with E-state index in [2.05, 4.69) is 20.0 Å². The van der Waals surface area contributed by atoms with Crippen molar-refractivity contribution in [2.45, 2.75) is 26.6 Å². The lowest BCUT2D eigenvalue weighted by atomic mass is 10.00. The average molecular weight is 351 g/mol. The molecular formula is C13H14F5N5O. The van der Waals surface area contributed by atoms with Gasteiger partial charge in [0.15, 0.2) is 11.5 Å². The molecule has 0 radical (unpaired) electrons. The number of fused-ring (bicyclic) bond motifs is 1. The Labute approximate surface area is 133 Å². The maximum absolute atomic E-state index is 13.0. The molecule has 1 aliphatic heterocycles. The molecule has 0 amide bonds. The molecule has 1 fully saturated rings. The van der Waals surface area contributed by atoms with E-state index in [1.54, 1.807) is 18.7 Å². The van der Waals surface area contributed by atoms with Crippen molar-refractivity contribution in [2.75, 3.05) is 24.6 Å². The summed E-state index contributed by atoms with van der Waals surface area (Å²) in [6, 6.07) is 0. The molecule has 1 aliphatic rings. The normalized spacial score (nSPS) is 16.2. The van der Waals surface area contributed by atoms with Gasteiger partial charge in [0.05, 0.1) is 6.61 Å². The third-order valence-electron chi connectivity index (χ3n) is 4.04. The molecule has 1 saturated heterocycles. The molecule has 24 heavy (non-hydrogen) atoms. The first-order valence-corrected chi connectivity index (χ1v) is 7.13. The Bertz CT molecular complexity index is 753. The van der Waals surface area contributed by atoms with Crippen LogP contribution in [0, 0.1) is 19.8 Å². The number of hydrogen-bond acceptors (Lipinski definition) is 5. The molecule has 0 atom stereocenters. The van der Waals surface area contributed by atoms with Crippen LogP contribution in [0.15, 0.2) is 0 Å². The lowest BCUT2D eigenvalue weighted by molar-refractivity contribution is -0.146. The van der Waals surface area contributed by atoms with E-state index < -0.39 is 18.6 Å². The molecule has 0 aliphatic carbocycles. The fraction of sp³-hybridized carbons (Fsp3) is 0.615. The smallest absolute Gasteiger partial charge is 0.354 e. The fourth-order valence-corrected chi connectivity index (χ4v) is 2.65. The van der Waals surface area contributed by atoms with E-state index in [-0.39, 0.29) is 18.2 Å². The highest BCUT2D eigenvalue weighted by Crippen LogP contribution is 2.32. The Morgan fingerprint density at radius 2 is 1.83 bits per heavy atom. The molecular weight excluding hydrogens is 337 g/mol. The number of hydrogen-bond donors (Lipinski definition) is 0. The van der Waals surface area contributed by atoms with Crippen molar-refractivity contribution in [3.8, 4) is 0 Å². The number of rotatable bonds is 4. The van der Waals surface area contributed by atoms with Crippen LogP contribution < -0.4 is 4.90 Å². The van der Waals surface area contributed by atoms with Gasteiger partial charge in [-0.2, -0.15) is 26.5 Å². The number of halogens is 5. The van der Waals surface area contributed by atoms with Gasteiger partial charge in [0, 0.05) is 30.1 Å². The molecule has 0 N–H and O–H groups in total. The van der Waals surface area contributed by atoms with E-state index in [0.29, 0.717) is 34.5 Å². The first-order chi connectivity index (χ1) is 11.2. The summed E-state index contributed by atoms with van der Waals surface area (Å²) < 4.78 is 67.9. The summed E-state index contributed by atoms with van der Waals surface area (Å²) in [5.41, 5.74) is 1.26. The zero-order chi connectivity index (χ0) is 17.6. The van der Waals surface area contributed by atoms with Crippen molar-refractivity contribution in [1.29, 1.82) is 0 Å². The Kier molecular flexibility index (Phi) is 4.06. The maximum atomic E-state index is 13.0. The number of anilines is 1. The third kappa shape index (κ3) is 2.87. The summed E-state index contributed by atoms with van der Waals surface area (Å²) in [4.78, 5) is 1.72. The van der Waals surface area contributed by atoms with Gasteiger partial charge in [-0.25, -0.2) is 0 Å². The summed E-state index contributed by atoms with van der Waals surface area (Å²) >= 11 is 0. The van der Waals surface area contributed by atoms with Crippen molar-refractivity contribution in [1.82, 2.24) is 19.8 Å². The third-order valence-corrected chi connectivity index (χ3v) is 4.04. The molecule has 0 aromatic carbocycles. The zero-order valence-corrected chi connectivity index (χ0v) is 12.8. The summed E-state index contributed by atoms with van der Waals surface area (Å²) in [5.74, 6) is -0.947. The Hall–Kier alpha value is -2.04. The molecule has 0 saturated carbocycles. The number of nitrogens with zero attached hydrogens (tertiary/aromatic N) is 5. The second kappa shape index (κ2) is 5.80. The Morgan fingerprint density at radius 3 is 2.42 bits per heavy atom. The van der Waals surface area contributed by atoms with Crippen molar-refractivity contribution >= 4 is 11.5 Å². The summed E-state index contributed by atoms with van der Waals surface area (Å²) in [5, 5.41) is 10.8. The largest absolute Gasteiger partial charge is 0.453 e. The number of aromatic nitrogens is 4. The van der Waals surface area contributed by atoms with Gasteiger partial charge in [-0.1, -0.05) is 0 Å². The predicted octanol–water partition coefficient (Wildman–Crippen LogP) is 2.44. The fourth-order valence-electron chi connectivity index (χ4n) is 2.65. The molecule has 6 nitrogen and oxygen atoms in total. The van der Waals surface area contributed by atoms with E-state index in [9.17, 15) is 22.0 Å². The van der Waals surface area contributed by atoms with Gasteiger partial charge in [-0.3, -0.25) is 0 Å². The van der Waals surface area contributed by atoms with E-state index >= 15 is 0 Å². The number of ether oxygens (including phenoxy) is 1. The SMILES string of the molecule is Cc1c(N2CC(COC(F)F)C2)nn2c(C(F)(F)F)nnc2c1C. The van der Waals surface area contributed by atoms with Crippen molar-refractivity contribution in [3.05, 3.63) is 17.0 Å².